The third-order valence-electron chi connectivity index (χ3n) is 8.09. The van der Waals surface area contributed by atoms with Gasteiger partial charge in [0.05, 0.1) is 11.7 Å². The van der Waals surface area contributed by atoms with Crippen LogP contribution in [0.15, 0.2) is 24.4 Å². The molecule has 3 N–H and O–H groups in total. The lowest BCUT2D eigenvalue weighted by Gasteiger charge is -2.34. The van der Waals surface area contributed by atoms with Gasteiger partial charge in [-0.25, -0.2) is 9.50 Å². The van der Waals surface area contributed by atoms with Crippen LogP contribution in [0.1, 0.15) is 70.2 Å². The van der Waals surface area contributed by atoms with Crippen molar-refractivity contribution >= 4 is 28.3 Å². The number of aryl methyl sites for hydroxylation is 4. The SMILES string of the molecule is Cc1cn2nc(C3CCCCN3C(=O)c3[nH]c4c(C)ccc(C)c4c3C)cc2nc1N1CCC(N)C1. The molecule has 0 radical (unpaired) electrons. The minimum Gasteiger partial charge on any atom is -0.355 e. The largest absolute Gasteiger partial charge is 0.355 e. The summed E-state index contributed by atoms with van der Waals surface area (Å²) in [6.45, 7) is 10.8. The van der Waals surface area contributed by atoms with E-state index in [2.05, 4.69) is 55.8 Å². The van der Waals surface area contributed by atoms with E-state index in [9.17, 15) is 4.79 Å². The first kappa shape index (κ1) is 23.0. The summed E-state index contributed by atoms with van der Waals surface area (Å²) < 4.78 is 1.86. The van der Waals surface area contributed by atoms with E-state index in [1.165, 1.54) is 5.56 Å². The topological polar surface area (TPSA) is 95.5 Å². The molecule has 0 spiro atoms. The zero-order chi connectivity index (χ0) is 25.1. The maximum Gasteiger partial charge on any atom is 0.271 e. The van der Waals surface area contributed by atoms with E-state index in [4.69, 9.17) is 15.8 Å². The minimum atomic E-state index is -0.0649. The van der Waals surface area contributed by atoms with Gasteiger partial charge >= 0.3 is 0 Å². The first-order valence-corrected chi connectivity index (χ1v) is 13.1. The summed E-state index contributed by atoms with van der Waals surface area (Å²) in [7, 11) is 0. The van der Waals surface area contributed by atoms with Gasteiger partial charge in [0.15, 0.2) is 5.65 Å². The van der Waals surface area contributed by atoms with Gasteiger partial charge in [-0.15, -0.1) is 0 Å². The Morgan fingerprint density at radius 2 is 1.86 bits per heavy atom. The highest BCUT2D eigenvalue weighted by atomic mass is 16.2. The van der Waals surface area contributed by atoms with Crippen LogP contribution in [0.3, 0.4) is 0 Å². The number of amides is 1. The molecule has 8 nitrogen and oxygen atoms in total. The number of rotatable bonds is 3. The Labute approximate surface area is 211 Å². The molecule has 2 unspecified atom stereocenters. The van der Waals surface area contributed by atoms with Gasteiger partial charge in [0.25, 0.3) is 5.91 Å². The Bertz CT molecular complexity index is 1480. The lowest BCUT2D eigenvalue weighted by molar-refractivity contribution is 0.0600. The van der Waals surface area contributed by atoms with Crippen LogP contribution in [0.5, 0.6) is 0 Å². The standard InChI is InChI=1S/C28H35N7O/c1-16-8-9-17(2)25-24(16)19(4)26(31-25)28(36)34-11-6-5-7-22(34)21-13-23-30-27(18(3)14-35(23)32-21)33-12-10-20(29)15-33/h8-9,13-14,20,22,31H,5-7,10-12,15,29H2,1-4H3. The number of aromatic amines is 1. The van der Waals surface area contributed by atoms with Crippen molar-refractivity contribution in [1.29, 1.82) is 0 Å². The second-order valence-corrected chi connectivity index (χ2v) is 10.7. The Hall–Kier alpha value is -3.39. The average molecular weight is 486 g/mol. The van der Waals surface area contributed by atoms with Crippen molar-refractivity contribution < 1.29 is 4.79 Å². The van der Waals surface area contributed by atoms with Crippen LogP contribution >= 0.6 is 0 Å². The van der Waals surface area contributed by atoms with Crippen molar-refractivity contribution in [2.45, 2.75) is 65.5 Å². The predicted octanol–water partition coefficient (Wildman–Crippen LogP) is 4.35. The summed E-state index contributed by atoms with van der Waals surface area (Å²) in [6, 6.07) is 6.44. The lowest BCUT2D eigenvalue weighted by Crippen LogP contribution is -2.39. The summed E-state index contributed by atoms with van der Waals surface area (Å²) in [5, 5.41) is 6.07. The van der Waals surface area contributed by atoms with Gasteiger partial charge in [-0.05, 0) is 70.1 Å². The molecule has 188 valence electrons. The maximum atomic E-state index is 14.0. The predicted molar refractivity (Wildman–Crippen MR) is 143 cm³/mol. The van der Waals surface area contributed by atoms with Crippen LogP contribution in [0, 0.1) is 27.7 Å². The summed E-state index contributed by atoms with van der Waals surface area (Å²) in [4.78, 5) is 26.7. The molecule has 36 heavy (non-hydrogen) atoms. The molecule has 0 aliphatic carbocycles. The molecule has 4 aromatic rings. The number of nitrogens with zero attached hydrogens (tertiary/aromatic N) is 5. The quantitative estimate of drug-likeness (QED) is 0.450. The molecule has 1 aromatic carbocycles. The molecule has 3 aromatic heterocycles. The third-order valence-corrected chi connectivity index (χ3v) is 8.09. The van der Waals surface area contributed by atoms with Crippen molar-refractivity contribution in [3.63, 3.8) is 0 Å². The number of anilines is 1. The number of hydrogen-bond donors (Lipinski definition) is 2. The zero-order valence-electron chi connectivity index (χ0n) is 21.6. The Morgan fingerprint density at radius 3 is 2.61 bits per heavy atom. The van der Waals surface area contributed by atoms with E-state index in [0.717, 1.165) is 90.1 Å². The van der Waals surface area contributed by atoms with Gasteiger partial charge in [0, 0.05) is 54.4 Å². The van der Waals surface area contributed by atoms with E-state index < -0.39 is 0 Å². The number of hydrogen-bond acceptors (Lipinski definition) is 5. The highest BCUT2D eigenvalue weighted by Crippen LogP contribution is 2.35. The van der Waals surface area contributed by atoms with Crippen molar-refractivity contribution in [1.82, 2.24) is 24.5 Å². The molecule has 5 heterocycles. The smallest absolute Gasteiger partial charge is 0.271 e. The second-order valence-electron chi connectivity index (χ2n) is 10.7. The summed E-state index contributed by atoms with van der Waals surface area (Å²) in [6.07, 6.45) is 6.02. The van der Waals surface area contributed by atoms with Crippen LogP contribution < -0.4 is 10.6 Å². The highest BCUT2D eigenvalue weighted by molar-refractivity contribution is 6.02. The first-order chi connectivity index (χ1) is 17.3. The number of carbonyl (C=O) groups is 1. The average Bonchev–Trinajstić information content (AvgIpc) is 3.57. The number of aromatic nitrogens is 4. The summed E-state index contributed by atoms with van der Waals surface area (Å²) in [5.41, 5.74) is 14.1. The van der Waals surface area contributed by atoms with E-state index in [1.54, 1.807) is 0 Å². The Balaban J connectivity index is 1.36. The highest BCUT2D eigenvalue weighted by Gasteiger charge is 2.33. The van der Waals surface area contributed by atoms with Gasteiger partial charge in [-0.2, -0.15) is 5.10 Å². The van der Waals surface area contributed by atoms with Crippen LogP contribution in [-0.2, 0) is 0 Å². The van der Waals surface area contributed by atoms with Crippen molar-refractivity contribution in [3.05, 3.63) is 58.0 Å². The molecule has 2 aliphatic rings. The zero-order valence-corrected chi connectivity index (χ0v) is 21.6. The van der Waals surface area contributed by atoms with Crippen molar-refractivity contribution in [3.8, 4) is 0 Å². The Morgan fingerprint density at radius 1 is 1.06 bits per heavy atom. The molecule has 1 amide bonds. The van der Waals surface area contributed by atoms with Crippen LogP contribution in [-0.4, -0.2) is 56.1 Å². The fourth-order valence-electron chi connectivity index (χ4n) is 6.12. The van der Waals surface area contributed by atoms with Crippen molar-refractivity contribution in [2.24, 2.45) is 5.73 Å². The molecular formula is C28H35N7O. The summed E-state index contributed by atoms with van der Waals surface area (Å²) >= 11 is 0. The monoisotopic (exact) mass is 485 g/mol. The Kier molecular flexibility index (Phi) is 5.52. The van der Waals surface area contributed by atoms with Gasteiger partial charge in [-0.3, -0.25) is 4.79 Å². The van der Waals surface area contributed by atoms with E-state index in [1.807, 2.05) is 15.6 Å². The van der Waals surface area contributed by atoms with Gasteiger partial charge in [0.1, 0.15) is 11.5 Å². The number of likely N-dealkylation sites (tertiary alicyclic amines) is 1. The number of fused-ring (bicyclic) bond motifs is 2. The molecule has 2 saturated heterocycles. The van der Waals surface area contributed by atoms with Gasteiger partial charge < -0.3 is 20.5 Å². The number of piperidine rings is 1. The van der Waals surface area contributed by atoms with E-state index in [0.29, 0.717) is 5.69 Å². The number of H-pyrrole nitrogens is 1. The van der Waals surface area contributed by atoms with Crippen LogP contribution in [0.2, 0.25) is 0 Å². The van der Waals surface area contributed by atoms with Crippen LogP contribution in [0.25, 0.3) is 16.6 Å². The normalized spacial score (nSPS) is 20.7. The van der Waals surface area contributed by atoms with Crippen molar-refractivity contribution in [2.75, 3.05) is 24.5 Å². The second kappa shape index (κ2) is 8.62. The van der Waals surface area contributed by atoms with Gasteiger partial charge in [0.2, 0.25) is 0 Å². The van der Waals surface area contributed by atoms with E-state index >= 15 is 0 Å². The number of nitrogens with one attached hydrogen (secondary N) is 1. The summed E-state index contributed by atoms with van der Waals surface area (Å²) in [5.74, 6) is 1.04. The first-order valence-electron chi connectivity index (χ1n) is 13.1. The molecule has 2 fully saturated rings. The molecule has 6 rings (SSSR count). The molecular weight excluding hydrogens is 450 g/mol. The maximum absolute atomic E-state index is 14.0. The van der Waals surface area contributed by atoms with Crippen LogP contribution in [0.4, 0.5) is 5.82 Å². The molecule has 0 saturated carbocycles. The third kappa shape index (κ3) is 3.66. The van der Waals surface area contributed by atoms with Gasteiger partial charge in [-0.1, -0.05) is 12.1 Å². The molecule has 8 heteroatoms. The number of nitrogens with two attached hydrogens (primary N) is 1. The van der Waals surface area contributed by atoms with E-state index in [-0.39, 0.29) is 18.0 Å². The number of benzene rings is 1. The molecule has 2 aliphatic heterocycles. The fraction of sp³-hybridized carbons (Fsp3) is 0.464. The fourth-order valence-corrected chi connectivity index (χ4v) is 6.12. The minimum absolute atomic E-state index is 0.0557. The number of carbonyl (C=O) groups excluding carboxylic acids is 1. The lowest BCUT2D eigenvalue weighted by atomic mass is 9.98. The molecule has 2 atom stereocenters. The molecule has 0 bridgehead atoms.